The van der Waals surface area contributed by atoms with Gasteiger partial charge in [-0.1, -0.05) is 42.5 Å². The summed E-state index contributed by atoms with van der Waals surface area (Å²) in [4.78, 5) is 57.2. The molecule has 2 bridgehead atoms. The maximum absolute atomic E-state index is 14.4. The number of nitrogens with one attached hydrogen (secondary N) is 1. The van der Waals surface area contributed by atoms with Gasteiger partial charge in [0.15, 0.2) is 11.5 Å². The third kappa shape index (κ3) is 4.96. The summed E-state index contributed by atoms with van der Waals surface area (Å²) in [7, 11) is 3.08. The van der Waals surface area contributed by atoms with E-state index in [9.17, 15) is 19.2 Å². The minimum absolute atomic E-state index is 0.00234. The van der Waals surface area contributed by atoms with Gasteiger partial charge >= 0.3 is 6.03 Å². The van der Waals surface area contributed by atoms with Crippen LogP contribution in [0.4, 0.5) is 4.79 Å². The predicted octanol–water partition coefficient (Wildman–Crippen LogP) is 2.79. The molecule has 0 aliphatic carbocycles. The first kappa shape index (κ1) is 27.7. The highest BCUT2D eigenvalue weighted by Crippen LogP contribution is 2.39. The van der Waals surface area contributed by atoms with Crippen molar-refractivity contribution in [2.24, 2.45) is 11.3 Å². The SMILES string of the molecule is COc1ccc(C[C@@]2(CN3C[C@H]4C[C@H](C3)c3cccc(=O)n3C4)C(=O)NC(=O)N(Cc3ccccc3)C2=O)cc1OC. The zero-order valence-corrected chi connectivity index (χ0v) is 23.7. The molecule has 4 heterocycles. The van der Waals surface area contributed by atoms with Crippen LogP contribution in [0, 0.1) is 11.3 Å². The van der Waals surface area contributed by atoms with Crippen LogP contribution >= 0.6 is 0 Å². The number of rotatable bonds is 8. The number of carbonyl (C=O) groups excluding carboxylic acids is 3. The molecule has 0 saturated carbocycles. The molecule has 3 aromatic rings. The molecule has 4 amide bonds. The Bertz CT molecular complexity index is 1590. The van der Waals surface area contributed by atoms with Crippen LogP contribution in [-0.2, 0) is 29.1 Å². The summed E-state index contributed by atoms with van der Waals surface area (Å²) in [5, 5.41) is 2.50. The van der Waals surface area contributed by atoms with Gasteiger partial charge in [0.25, 0.3) is 5.56 Å². The fraction of sp³-hybridized carbons (Fsp3) is 0.375. The van der Waals surface area contributed by atoms with Crippen LogP contribution in [0.15, 0.2) is 71.5 Å². The topological polar surface area (TPSA) is 110 Å². The monoisotopic (exact) mass is 570 g/mol. The normalized spacial score (nSPS) is 23.8. The minimum atomic E-state index is -1.57. The summed E-state index contributed by atoms with van der Waals surface area (Å²) in [5.41, 5.74) is 0.906. The lowest BCUT2D eigenvalue weighted by Gasteiger charge is -2.47. The van der Waals surface area contributed by atoms with Crippen molar-refractivity contribution < 1.29 is 23.9 Å². The van der Waals surface area contributed by atoms with E-state index in [0.29, 0.717) is 36.7 Å². The Labute approximate surface area is 243 Å². The Morgan fingerprint density at radius 1 is 0.857 bits per heavy atom. The Hall–Kier alpha value is -4.44. The van der Waals surface area contributed by atoms with E-state index in [1.54, 1.807) is 31.4 Å². The molecule has 1 aromatic heterocycles. The number of likely N-dealkylation sites (tertiary alicyclic amines) is 1. The third-order valence-corrected chi connectivity index (χ3v) is 8.74. The molecule has 42 heavy (non-hydrogen) atoms. The number of carbonyl (C=O) groups is 3. The van der Waals surface area contributed by atoms with Crippen molar-refractivity contribution >= 4 is 17.8 Å². The molecule has 2 fully saturated rings. The van der Waals surface area contributed by atoms with Crippen LogP contribution in [0.1, 0.15) is 29.2 Å². The average molecular weight is 571 g/mol. The molecule has 6 rings (SSSR count). The molecule has 3 aliphatic heterocycles. The number of aromatic nitrogens is 1. The van der Waals surface area contributed by atoms with Crippen molar-refractivity contribution in [2.75, 3.05) is 33.9 Å². The highest BCUT2D eigenvalue weighted by Gasteiger charge is 2.55. The van der Waals surface area contributed by atoms with Crippen LogP contribution in [-0.4, -0.2) is 66.1 Å². The Kier molecular flexibility index (Phi) is 7.32. The van der Waals surface area contributed by atoms with Gasteiger partial charge < -0.3 is 18.9 Å². The van der Waals surface area contributed by atoms with Gasteiger partial charge in [0.2, 0.25) is 11.8 Å². The predicted molar refractivity (Wildman–Crippen MR) is 154 cm³/mol. The van der Waals surface area contributed by atoms with Gasteiger partial charge in [-0.15, -0.1) is 0 Å². The summed E-state index contributed by atoms with van der Waals surface area (Å²) >= 11 is 0. The standard InChI is InChI=1S/C32H34N4O6/c1-41-26-12-11-22(14-27(26)42-2)15-32(29(38)33-31(40)36(30(32)39)17-21-7-4-3-5-8-21)20-34-16-23-13-24(19-34)25-9-6-10-28(37)35(25)18-23/h3-12,14,23-24H,13,15-20H2,1-2H3,(H,33,38,40)/t23-,24-,32-/m1/s1. The fourth-order valence-corrected chi connectivity index (χ4v) is 6.84. The van der Waals surface area contributed by atoms with Crippen LogP contribution < -0.4 is 20.3 Å². The number of amides is 4. The van der Waals surface area contributed by atoms with Gasteiger partial charge in [-0.25, -0.2) is 4.79 Å². The van der Waals surface area contributed by atoms with E-state index in [1.165, 1.54) is 7.11 Å². The van der Waals surface area contributed by atoms with E-state index in [2.05, 4.69) is 10.2 Å². The smallest absolute Gasteiger partial charge is 0.331 e. The lowest BCUT2D eigenvalue weighted by Crippen LogP contribution is -2.67. The van der Waals surface area contributed by atoms with E-state index in [-0.39, 0.29) is 36.9 Å². The van der Waals surface area contributed by atoms with E-state index < -0.39 is 23.3 Å². The second-order valence-corrected chi connectivity index (χ2v) is 11.5. The van der Waals surface area contributed by atoms with Crippen molar-refractivity contribution in [2.45, 2.75) is 31.8 Å². The maximum Gasteiger partial charge on any atom is 0.331 e. The molecule has 218 valence electrons. The summed E-state index contributed by atoms with van der Waals surface area (Å²) in [6, 6.07) is 19.2. The quantitative estimate of drug-likeness (QED) is 0.415. The van der Waals surface area contributed by atoms with Crippen LogP contribution in [0.5, 0.6) is 11.5 Å². The fourth-order valence-electron chi connectivity index (χ4n) is 6.84. The van der Waals surface area contributed by atoms with Gasteiger partial charge in [-0.2, -0.15) is 0 Å². The molecule has 3 aliphatic rings. The first-order valence-corrected chi connectivity index (χ1v) is 14.2. The molecule has 10 heteroatoms. The number of benzene rings is 2. The number of pyridine rings is 1. The number of methoxy groups -OCH3 is 2. The largest absolute Gasteiger partial charge is 0.493 e. The molecule has 1 N–H and O–H groups in total. The van der Waals surface area contributed by atoms with E-state index in [1.807, 2.05) is 47.0 Å². The summed E-state index contributed by atoms with van der Waals surface area (Å²) in [6.45, 7) is 2.02. The van der Waals surface area contributed by atoms with Gasteiger partial charge in [-0.3, -0.25) is 24.6 Å². The molecular formula is C32H34N4O6. The number of ether oxygens (including phenoxy) is 2. The molecule has 3 atom stereocenters. The molecule has 0 spiro atoms. The number of imide groups is 2. The van der Waals surface area contributed by atoms with Gasteiger partial charge in [-0.05, 0) is 48.1 Å². The van der Waals surface area contributed by atoms with Crippen molar-refractivity contribution in [1.82, 2.24) is 19.7 Å². The first-order valence-electron chi connectivity index (χ1n) is 14.2. The molecular weight excluding hydrogens is 536 g/mol. The second kappa shape index (κ2) is 11.1. The van der Waals surface area contributed by atoms with Gasteiger partial charge in [0.1, 0.15) is 5.41 Å². The highest BCUT2D eigenvalue weighted by molar-refractivity contribution is 6.19. The number of urea groups is 1. The molecule has 0 radical (unpaired) electrons. The van der Waals surface area contributed by atoms with Gasteiger partial charge in [0.05, 0.1) is 20.8 Å². The first-order chi connectivity index (χ1) is 20.3. The number of barbiturate groups is 1. The number of nitrogens with zero attached hydrogens (tertiary/aromatic N) is 3. The Balaban J connectivity index is 1.37. The number of piperidine rings is 1. The van der Waals surface area contributed by atoms with Crippen LogP contribution in [0.25, 0.3) is 0 Å². The van der Waals surface area contributed by atoms with Crippen molar-refractivity contribution in [1.29, 1.82) is 0 Å². The number of fused-ring (bicyclic) bond motifs is 4. The Morgan fingerprint density at radius 2 is 1.64 bits per heavy atom. The average Bonchev–Trinajstić information content (AvgIpc) is 2.99. The molecule has 0 unspecified atom stereocenters. The second-order valence-electron chi connectivity index (χ2n) is 11.5. The number of hydrogen-bond acceptors (Lipinski definition) is 7. The van der Waals surface area contributed by atoms with Gasteiger partial charge in [0, 0.05) is 43.9 Å². The van der Waals surface area contributed by atoms with E-state index in [4.69, 9.17) is 9.47 Å². The van der Waals surface area contributed by atoms with Crippen molar-refractivity contribution in [3.63, 3.8) is 0 Å². The van der Waals surface area contributed by atoms with Crippen LogP contribution in [0.2, 0.25) is 0 Å². The van der Waals surface area contributed by atoms with E-state index in [0.717, 1.165) is 22.6 Å². The minimum Gasteiger partial charge on any atom is -0.493 e. The molecule has 2 saturated heterocycles. The maximum atomic E-state index is 14.4. The van der Waals surface area contributed by atoms with Crippen molar-refractivity contribution in [3.8, 4) is 11.5 Å². The molecule has 2 aromatic carbocycles. The zero-order valence-electron chi connectivity index (χ0n) is 23.7. The summed E-state index contributed by atoms with van der Waals surface area (Å²) in [5.74, 6) is 0.201. The Morgan fingerprint density at radius 3 is 2.40 bits per heavy atom. The van der Waals surface area contributed by atoms with E-state index >= 15 is 0 Å². The zero-order chi connectivity index (χ0) is 29.4. The highest BCUT2D eigenvalue weighted by atomic mass is 16.5. The lowest BCUT2D eigenvalue weighted by atomic mass is 9.75. The summed E-state index contributed by atoms with van der Waals surface area (Å²) in [6.07, 6.45) is 1.01. The summed E-state index contributed by atoms with van der Waals surface area (Å²) < 4.78 is 12.7. The molecule has 10 nitrogen and oxygen atoms in total. The third-order valence-electron chi connectivity index (χ3n) is 8.74. The van der Waals surface area contributed by atoms with Crippen molar-refractivity contribution in [3.05, 3.63) is 93.9 Å². The lowest BCUT2D eigenvalue weighted by molar-refractivity contribution is -0.154. The van der Waals surface area contributed by atoms with Crippen LogP contribution in [0.3, 0.4) is 0 Å². The number of hydrogen-bond donors (Lipinski definition) is 1.